The van der Waals surface area contributed by atoms with Crippen LogP contribution in [0, 0.1) is 0 Å². The Kier molecular flexibility index (Phi) is 46.3. The number of carbonyl (C=O) groups is 3. The van der Waals surface area contributed by atoms with Gasteiger partial charge in [0.05, 0.1) is 0 Å². The topological polar surface area (TPSA) is 78.9 Å². The van der Waals surface area contributed by atoms with Crippen LogP contribution in [0.3, 0.4) is 0 Å². The average Bonchev–Trinajstić information content (AvgIpc) is 3.29. The minimum absolute atomic E-state index is 0.137. The summed E-state index contributed by atoms with van der Waals surface area (Å²) >= 11 is 0. The highest BCUT2D eigenvalue weighted by molar-refractivity contribution is 5.71. The third kappa shape index (κ3) is 47.8. The quantitative estimate of drug-likeness (QED) is 0.0201. The standard InChI is InChI=1S/C58H84O6/c1-4-7-10-13-16-19-22-25-27-28-29-30-31-34-36-39-42-45-48-51-57(60)63-54-55(53-62-56(59)50-47-44-41-38-35-32-24-21-18-15-12-9-6-3)64-58(61)52-49-46-43-40-37-33-26-23-20-17-14-11-8-5-2/h7-13,15-22,24-25,27-32,34-36,38,41,55H,4-6,14,23,26,33,37,39-40,42-54H2,1-3H3/b10-7+,11-8+,12-9+,16-13+,18-15+,20-17+,22-19+,24-21+,27-25+,29-28+,31-30+,35-32+,36-34+,41-38+. The monoisotopic (exact) mass is 877 g/mol. The number of unbranched alkanes of at least 4 members (excludes halogenated alkanes) is 11. The van der Waals surface area contributed by atoms with Crippen LogP contribution in [0.1, 0.15) is 156 Å². The average molecular weight is 877 g/mol. The van der Waals surface area contributed by atoms with Gasteiger partial charge in [-0.3, -0.25) is 14.4 Å². The summed E-state index contributed by atoms with van der Waals surface area (Å²) in [5.41, 5.74) is 0. The van der Waals surface area contributed by atoms with Crippen LogP contribution in [0.2, 0.25) is 0 Å². The highest BCUT2D eigenvalue weighted by Crippen LogP contribution is 2.12. The largest absolute Gasteiger partial charge is 0.462 e. The molecule has 0 aromatic rings. The first-order valence-electron chi connectivity index (χ1n) is 24.3. The van der Waals surface area contributed by atoms with Gasteiger partial charge in [0.2, 0.25) is 0 Å². The normalized spacial score (nSPS) is 13.6. The second kappa shape index (κ2) is 50.4. The summed E-state index contributed by atoms with van der Waals surface area (Å²) in [4.78, 5) is 37.9. The second-order valence-electron chi connectivity index (χ2n) is 15.2. The Morgan fingerprint density at radius 2 is 0.656 bits per heavy atom. The van der Waals surface area contributed by atoms with Crippen molar-refractivity contribution >= 4 is 17.9 Å². The van der Waals surface area contributed by atoms with Gasteiger partial charge in [0.25, 0.3) is 0 Å². The van der Waals surface area contributed by atoms with Crippen molar-refractivity contribution in [2.24, 2.45) is 0 Å². The summed E-state index contributed by atoms with van der Waals surface area (Å²) < 4.78 is 16.6. The van der Waals surface area contributed by atoms with Crippen LogP contribution in [-0.4, -0.2) is 37.2 Å². The Morgan fingerprint density at radius 1 is 0.328 bits per heavy atom. The molecule has 0 N–H and O–H groups in total. The molecule has 0 aliphatic heterocycles. The molecule has 0 amide bonds. The fourth-order valence-corrected chi connectivity index (χ4v) is 5.73. The van der Waals surface area contributed by atoms with E-state index in [1.807, 2.05) is 128 Å². The number of carbonyl (C=O) groups excluding carboxylic acids is 3. The zero-order valence-corrected chi connectivity index (χ0v) is 40.0. The molecule has 6 heteroatoms. The zero-order chi connectivity index (χ0) is 46.5. The lowest BCUT2D eigenvalue weighted by Crippen LogP contribution is -2.30. The molecule has 64 heavy (non-hydrogen) atoms. The van der Waals surface area contributed by atoms with Crippen molar-refractivity contribution in [3.05, 3.63) is 170 Å². The van der Waals surface area contributed by atoms with E-state index in [0.29, 0.717) is 12.8 Å². The molecule has 0 rings (SSSR count). The van der Waals surface area contributed by atoms with Gasteiger partial charge in [0.1, 0.15) is 13.2 Å². The minimum Gasteiger partial charge on any atom is -0.462 e. The van der Waals surface area contributed by atoms with E-state index in [2.05, 4.69) is 63.3 Å². The van der Waals surface area contributed by atoms with Gasteiger partial charge in [-0.25, -0.2) is 0 Å². The van der Waals surface area contributed by atoms with Crippen LogP contribution in [-0.2, 0) is 28.6 Å². The molecule has 0 aliphatic carbocycles. The van der Waals surface area contributed by atoms with E-state index in [-0.39, 0.29) is 50.4 Å². The highest BCUT2D eigenvalue weighted by atomic mass is 16.6. The van der Waals surface area contributed by atoms with Gasteiger partial charge in [0, 0.05) is 19.3 Å². The molecule has 0 spiro atoms. The van der Waals surface area contributed by atoms with Gasteiger partial charge < -0.3 is 14.2 Å². The lowest BCUT2D eigenvalue weighted by atomic mass is 10.1. The molecule has 0 heterocycles. The molecule has 0 radical (unpaired) electrons. The van der Waals surface area contributed by atoms with Gasteiger partial charge in [-0.1, -0.05) is 229 Å². The lowest BCUT2D eigenvalue weighted by molar-refractivity contribution is -0.167. The van der Waals surface area contributed by atoms with Crippen LogP contribution in [0.5, 0.6) is 0 Å². The van der Waals surface area contributed by atoms with Crippen LogP contribution in [0.15, 0.2) is 170 Å². The van der Waals surface area contributed by atoms with Gasteiger partial charge in [0.15, 0.2) is 6.10 Å². The molecule has 352 valence electrons. The number of hydrogen-bond donors (Lipinski definition) is 0. The Balaban J connectivity index is 4.64. The van der Waals surface area contributed by atoms with Crippen LogP contribution in [0.4, 0.5) is 0 Å². The number of allylic oxidation sites excluding steroid dienone is 28. The maximum atomic E-state index is 12.8. The highest BCUT2D eigenvalue weighted by Gasteiger charge is 2.19. The molecule has 0 fully saturated rings. The van der Waals surface area contributed by atoms with Crippen molar-refractivity contribution in [3.8, 4) is 0 Å². The van der Waals surface area contributed by atoms with Gasteiger partial charge >= 0.3 is 17.9 Å². The van der Waals surface area contributed by atoms with E-state index in [0.717, 1.165) is 83.5 Å². The van der Waals surface area contributed by atoms with Gasteiger partial charge in [-0.05, 0) is 77.0 Å². The summed E-state index contributed by atoms with van der Waals surface area (Å²) in [7, 11) is 0. The SMILES string of the molecule is CC/C=C/C=C/C=C/C=C/C=C/C=C/C=C/CCCCCC(=O)OCC(COC(=O)CCC/C=C/C=C/C=C/C=C/C=C/CC)OC(=O)CCCCCCCCC/C=C/C/C=C/CC. The molecule has 0 aliphatic rings. The molecule has 0 aromatic carbocycles. The maximum Gasteiger partial charge on any atom is 0.306 e. The van der Waals surface area contributed by atoms with E-state index >= 15 is 0 Å². The number of hydrogen-bond acceptors (Lipinski definition) is 6. The van der Waals surface area contributed by atoms with Crippen molar-refractivity contribution in [2.75, 3.05) is 13.2 Å². The molecular weight excluding hydrogens is 793 g/mol. The summed E-state index contributed by atoms with van der Waals surface area (Å²) in [6.07, 6.45) is 74.8. The second-order valence-corrected chi connectivity index (χ2v) is 15.2. The molecule has 0 aromatic heterocycles. The van der Waals surface area contributed by atoms with Crippen molar-refractivity contribution in [1.29, 1.82) is 0 Å². The zero-order valence-electron chi connectivity index (χ0n) is 40.0. The summed E-state index contributed by atoms with van der Waals surface area (Å²) in [6.45, 7) is 6.09. The van der Waals surface area contributed by atoms with Gasteiger partial charge in [-0.15, -0.1) is 0 Å². The van der Waals surface area contributed by atoms with Crippen LogP contribution in [0.25, 0.3) is 0 Å². The summed E-state index contributed by atoms with van der Waals surface area (Å²) in [5, 5.41) is 0. The predicted molar refractivity (Wildman–Crippen MR) is 274 cm³/mol. The summed E-state index contributed by atoms with van der Waals surface area (Å²) in [5.74, 6) is -1.08. The summed E-state index contributed by atoms with van der Waals surface area (Å²) in [6, 6.07) is 0. The van der Waals surface area contributed by atoms with E-state index in [9.17, 15) is 14.4 Å². The third-order valence-electron chi connectivity index (χ3n) is 9.27. The molecule has 0 bridgehead atoms. The van der Waals surface area contributed by atoms with E-state index in [4.69, 9.17) is 14.2 Å². The third-order valence-corrected chi connectivity index (χ3v) is 9.27. The molecule has 6 nitrogen and oxygen atoms in total. The maximum absolute atomic E-state index is 12.8. The number of ether oxygens (including phenoxy) is 3. The molecule has 0 saturated carbocycles. The molecule has 0 saturated heterocycles. The Labute approximate surface area is 390 Å². The Bertz CT molecular complexity index is 1570. The lowest BCUT2D eigenvalue weighted by Gasteiger charge is -2.18. The van der Waals surface area contributed by atoms with Crippen molar-refractivity contribution in [2.45, 2.75) is 162 Å². The Morgan fingerprint density at radius 3 is 1.12 bits per heavy atom. The van der Waals surface area contributed by atoms with Crippen LogP contribution >= 0.6 is 0 Å². The predicted octanol–water partition coefficient (Wildman–Crippen LogP) is 16.0. The van der Waals surface area contributed by atoms with E-state index in [1.165, 1.54) is 19.3 Å². The number of rotatable bonds is 40. The first-order chi connectivity index (χ1) is 31.5. The molecule has 1 unspecified atom stereocenters. The van der Waals surface area contributed by atoms with E-state index in [1.54, 1.807) is 0 Å². The number of esters is 3. The van der Waals surface area contributed by atoms with E-state index < -0.39 is 6.10 Å². The van der Waals surface area contributed by atoms with Crippen LogP contribution < -0.4 is 0 Å². The van der Waals surface area contributed by atoms with Gasteiger partial charge in [-0.2, -0.15) is 0 Å². The smallest absolute Gasteiger partial charge is 0.306 e. The minimum atomic E-state index is -0.839. The van der Waals surface area contributed by atoms with Crippen molar-refractivity contribution < 1.29 is 28.6 Å². The van der Waals surface area contributed by atoms with Crippen molar-refractivity contribution in [1.82, 2.24) is 0 Å². The van der Waals surface area contributed by atoms with Crippen molar-refractivity contribution in [3.63, 3.8) is 0 Å². The fraction of sp³-hybridized carbons (Fsp3) is 0.466. The first kappa shape index (κ1) is 58.8. The first-order valence-corrected chi connectivity index (χ1v) is 24.3. The molecule has 1 atom stereocenters. The molecular formula is C58H84O6. The fourth-order valence-electron chi connectivity index (χ4n) is 5.73. The Hall–Kier alpha value is -5.23.